The monoisotopic (exact) mass is 629 g/mol. The van der Waals surface area contributed by atoms with Crippen LogP contribution in [0.2, 0.25) is 0 Å². The lowest BCUT2D eigenvalue weighted by Crippen LogP contribution is -2.37. The zero-order chi connectivity index (χ0) is 33.0. The molecule has 0 fully saturated rings. The van der Waals surface area contributed by atoms with E-state index in [4.69, 9.17) is 0 Å². The van der Waals surface area contributed by atoms with Crippen LogP contribution in [0.25, 0.3) is 0 Å². The van der Waals surface area contributed by atoms with E-state index in [0.717, 1.165) is 31.2 Å². The fourth-order valence-electron chi connectivity index (χ4n) is 6.04. The van der Waals surface area contributed by atoms with Gasteiger partial charge in [-0.2, -0.15) is 0 Å². The average molecular weight is 629 g/mol. The standard InChI is InChI=1S/C39H72N4O2/c1-6-8-10-12-14-16-18-20-22-24-26-29-33(3)40-38(44)42-36-31-28-32-37(35(36)5)43-39(45)41-34(4)30-27-25-23-21-19-17-15-13-11-9-7-2/h28,31-34H,6-27,29-30H2,1-5H3,(H2,40,42,44)(H2,41,43,45). The maximum atomic E-state index is 12.7. The summed E-state index contributed by atoms with van der Waals surface area (Å²) < 4.78 is 0. The van der Waals surface area contributed by atoms with Crippen LogP contribution in [0.5, 0.6) is 0 Å². The van der Waals surface area contributed by atoms with Gasteiger partial charge in [-0.3, -0.25) is 0 Å². The zero-order valence-corrected chi connectivity index (χ0v) is 30.2. The number of rotatable bonds is 28. The van der Waals surface area contributed by atoms with E-state index in [1.807, 2.05) is 25.1 Å². The van der Waals surface area contributed by atoms with Gasteiger partial charge in [0.05, 0.1) is 0 Å². The Morgan fingerprint density at radius 1 is 0.511 bits per heavy atom. The molecular weight excluding hydrogens is 556 g/mol. The van der Waals surface area contributed by atoms with Gasteiger partial charge in [0.15, 0.2) is 0 Å². The third-order valence-corrected chi connectivity index (χ3v) is 9.07. The lowest BCUT2D eigenvalue weighted by Gasteiger charge is -2.18. The Balaban J connectivity index is 2.21. The first kappa shape index (κ1) is 40.8. The third-order valence-electron chi connectivity index (χ3n) is 9.07. The van der Waals surface area contributed by atoms with Crippen LogP contribution < -0.4 is 21.3 Å². The van der Waals surface area contributed by atoms with E-state index in [-0.39, 0.29) is 24.1 Å². The number of hydrogen-bond donors (Lipinski definition) is 4. The SMILES string of the molecule is CCCCCCCCCCCCCC(C)NC(=O)Nc1cccc(NC(=O)NC(C)CCCCCCCCCCCCC)c1C. The van der Waals surface area contributed by atoms with E-state index >= 15 is 0 Å². The van der Waals surface area contributed by atoms with Crippen molar-refractivity contribution in [3.63, 3.8) is 0 Å². The van der Waals surface area contributed by atoms with Gasteiger partial charge in [0, 0.05) is 23.5 Å². The molecule has 0 aromatic heterocycles. The Morgan fingerprint density at radius 2 is 0.800 bits per heavy atom. The van der Waals surface area contributed by atoms with E-state index in [2.05, 4.69) is 49.0 Å². The summed E-state index contributed by atoms with van der Waals surface area (Å²) in [7, 11) is 0. The van der Waals surface area contributed by atoms with E-state index in [1.165, 1.54) is 128 Å². The second-order valence-electron chi connectivity index (χ2n) is 13.6. The lowest BCUT2D eigenvalue weighted by molar-refractivity contribution is 0.247. The molecule has 6 heteroatoms. The van der Waals surface area contributed by atoms with Crippen LogP contribution in [0.4, 0.5) is 21.0 Å². The molecule has 1 rings (SSSR count). The van der Waals surface area contributed by atoms with Gasteiger partial charge in [0.2, 0.25) is 0 Å². The Bertz CT molecular complexity index is 808. The minimum absolute atomic E-state index is 0.123. The predicted octanol–water partition coefficient (Wildman–Crippen LogP) is 12.4. The van der Waals surface area contributed by atoms with Crippen molar-refractivity contribution in [3.05, 3.63) is 23.8 Å². The molecule has 0 saturated heterocycles. The normalized spacial score (nSPS) is 12.5. The van der Waals surface area contributed by atoms with Crippen LogP contribution in [0, 0.1) is 6.92 Å². The molecule has 0 saturated carbocycles. The van der Waals surface area contributed by atoms with Crippen LogP contribution >= 0.6 is 0 Å². The number of hydrogen-bond acceptors (Lipinski definition) is 2. The first-order valence-electron chi connectivity index (χ1n) is 19.1. The fourth-order valence-corrected chi connectivity index (χ4v) is 6.04. The molecular formula is C39H72N4O2. The smallest absolute Gasteiger partial charge is 0.319 e. The lowest BCUT2D eigenvalue weighted by atomic mass is 10.0. The van der Waals surface area contributed by atoms with Gasteiger partial charge < -0.3 is 21.3 Å². The molecule has 0 spiro atoms. The molecule has 0 bridgehead atoms. The van der Waals surface area contributed by atoms with E-state index in [1.54, 1.807) is 0 Å². The molecule has 1 aromatic rings. The minimum Gasteiger partial charge on any atom is -0.335 e. The number of nitrogens with one attached hydrogen (secondary N) is 4. The number of urea groups is 2. The first-order valence-corrected chi connectivity index (χ1v) is 19.1. The molecule has 0 heterocycles. The summed E-state index contributed by atoms with van der Waals surface area (Å²) in [6.07, 6.45) is 31.2. The van der Waals surface area contributed by atoms with E-state index in [0.29, 0.717) is 11.4 Å². The van der Waals surface area contributed by atoms with E-state index in [9.17, 15) is 9.59 Å². The third kappa shape index (κ3) is 22.8. The highest BCUT2D eigenvalue weighted by Crippen LogP contribution is 2.23. The predicted molar refractivity (Wildman–Crippen MR) is 197 cm³/mol. The molecule has 45 heavy (non-hydrogen) atoms. The fraction of sp³-hybridized carbons (Fsp3) is 0.795. The van der Waals surface area contributed by atoms with Gasteiger partial charge >= 0.3 is 12.1 Å². The van der Waals surface area contributed by atoms with Crippen LogP contribution in [-0.4, -0.2) is 24.1 Å². The average Bonchev–Trinajstić information content (AvgIpc) is 3.00. The molecule has 0 aliphatic heterocycles. The van der Waals surface area contributed by atoms with Gasteiger partial charge in [0.25, 0.3) is 0 Å². The van der Waals surface area contributed by atoms with Gasteiger partial charge in [-0.15, -0.1) is 0 Å². The summed E-state index contributed by atoms with van der Waals surface area (Å²) in [5.74, 6) is 0. The maximum Gasteiger partial charge on any atom is 0.319 e. The molecule has 6 nitrogen and oxygen atoms in total. The highest BCUT2D eigenvalue weighted by Gasteiger charge is 2.13. The van der Waals surface area contributed by atoms with Crippen LogP contribution in [0.3, 0.4) is 0 Å². The highest BCUT2D eigenvalue weighted by atomic mass is 16.2. The molecule has 0 aliphatic rings. The second kappa shape index (κ2) is 28.0. The molecule has 4 amide bonds. The van der Waals surface area contributed by atoms with Crippen molar-refractivity contribution >= 4 is 23.4 Å². The zero-order valence-electron chi connectivity index (χ0n) is 30.2. The number of carbonyl (C=O) groups excluding carboxylic acids is 2. The Hall–Kier alpha value is -2.24. The van der Waals surface area contributed by atoms with Crippen molar-refractivity contribution in [1.82, 2.24) is 10.6 Å². The molecule has 260 valence electrons. The van der Waals surface area contributed by atoms with Crippen molar-refractivity contribution in [1.29, 1.82) is 0 Å². The first-order chi connectivity index (χ1) is 21.9. The molecule has 0 radical (unpaired) electrons. The summed E-state index contributed by atoms with van der Waals surface area (Å²) in [6, 6.07) is 5.47. The summed E-state index contributed by atoms with van der Waals surface area (Å²) in [4.78, 5) is 25.4. The Labute approximate surface area is 278 Å². The summed E-state index contributed by atoms with van der Waals surface area (Å²) in [5, 5.41) is 12.1. The molecule has 2 unspecified atom stereocenters. The van der Waals surface area contributed by atoms with Gasteiger partial charge in [-0.25, -0.2) is 9.59 Å². The van der Waals surface area contributed by atoms with Gasteiger partial charge in [0.1, 0.15) is 0 Å². The van der Waals surface area contributed by atoms with Crippen LogP contribution in [0.1, 0.15) is 187 Å². The summed E-state index contributed by atoms with van der Waals surface area (Å²) in [6.45, 7) is 10.6. The van der Waals surface area contributed by atoms with Crippen molar-refractivity contribution in [2.75, 3.05) is 10.6 Å². The quantitative estimate of drug-likeness (QED) is 0.0696. The second-order valence-corrected chi connectivity index (χ2v) is 13.6. The summed E-state index contributed by atoms with van der Waals surface area (Å²) >= 11 is 0. The molecule has 2 atom stereocenters. The number of amides is 4. The highest BCUT2D eigenvalue weighted by molar-refractivity contribution is 5.94. The van der Waals surface area contributed by atoms with E-state index < -0.39 is 0 Å². The largest absolute Gasteiger partial charge is 0.335 e. The van der Waals surface area contributed by atoms with Crippen molar-refractivity contribution < 1.29 is 9.59 Å². The molecule has 0 aliphatic carbocycles. The van der Waals surface area contributed by atoms with Gasteiger partial charge in [-0.05, 0) is 51.3 Å². The summed E-state index contributed by atoms with van der Waals surface area (Å²) in [5.41, 5.74) is 2.27. The van der Waals surface area contributed by atoms with Crippen LogP contribution in [0.15, 0.2) is 18.2 Å². The van der Waals surface area contributed by atoms with Crippen molar-refractivity contribution in [2.45, 2.75) is 201 Å². The molecule has 4 N–H and O–H groups in total. The van der Waals surface area contributed by atoms with Crippen molar-refractivity contribution in [3.8, 4) is 0 Å². The number of benzene rings is 1. The maximum absolute atomic E-state index is 12.7. The van der Waals surface area contributed by atoms with Crippen molar-refractivity contribution in [2.24, 2.45) is 0 Å². The Kier molecular flexibility index (Phi) is 25.4. The van der Waals surface area contributed by atoms with Crippen LogP contribution in [-0.2, 0) is 0 Å². The topological polar surface area (TPSA) is 82.3 Å². The number of carbonyl (C=O) groups is 2. The number of anilines is 2. The van der Waals surface area contributed by atoms with Gasteiger partial charge in [-0.1, -0.05) is 161 Å². The molecule has 1 aromatic carbocycles. The minimum atomic E-state index is -0.198. The number of unbranched alkanes of at least 4 members (excludes halogenated alkanes) is 20. The Morgan fingerprint density at radius 3 is 1.11 bits per heavy atom.